The van der Waals surface area contributed by atoms with Crippen LogP contribution in [0.25, 0.3) is 22.6 Å². The number of ether oxygens (including phenoxy) is 3. The molecule has 0 saturated carbocycles. The number of benzene rings is 1. The number of rotatable bonds is 7. The lowest BCUT2D eigenvalue weighted by Gasteiger charge is -2.28. The average Bonchev–Trinajstić information content (AvgIpc) is 3.51. The number of aryl methyl sites for hydroxylation is 2. The second-order valence-corrected chi connectivity index (χ2v) is 10.8. The molecule has 4 aromatic rings. The van der Waals surface area contributed by atoms with E-state index in [1.54, 1.807) is 13.0 Å². The van der Waals surface area contributed by atoms with Gasteiger partial charge in [-0.25, -0.2) is 14.8 Å². The number of nitriles is 1. The van der Waals surface area contributed by atoms with E-state index >= 15 is 0 Å². The van der Waals surface area contributed by atoms with Gasteiger partial charge in [0.1, 0.15) is 23.1 Å². The van der Waals surface area contributed by atoms with E-state index in [2.05, 4.69) is 44.0 Å². The third-order valence-corrected chi connectivity index (χ3v) is 8.33. The molecule has 0 atom stereocenters. The number of oxazole rings is 1. The van der Waals surface area contributed by atoms with Crippen LogP contribution in [0.5, 0.6) is 5.88 Å². The Morgan fingerprint density at radius 1 is 1.18 bits per heavy atom. The second-order valence-electron chi connectivity index (χ2n) is 8.80. The number of carbonyl (C=O) groups excluding carboxylic acids is 1. The zero-order valence-corrected chi connectivity index (χ0v) is 24.0. The summed E-state index contributed by atoms with van der Waals surface area (Å²) in [6.45, 7) is 6.80. The summed E-state index contributed by atoms with van der Waals surface area (Å²) < 4.78 is 23.0. The summed E-state index contributed by atoms with van der Waals surface area (Å²) in [5, 5.41) is 10.1. The van der Waals surface area contributed by atoms with E-state index in [0.717, 1.165) is 29.2 Å². The number of morpholine rings is 1. The van der Waals surface area contributed by atoms with E-state index in [1.165, 1.54) is 18.4 Å². The molecule has 1 saturated heterocycles. The van der Waals surface area contributed by atoms with Crippen molar-refractivity contribution in [2.45, 2.75) is 20.5 Å². The first-order valence-corrected chi connectivity index (χ1v) is 13.8. The van der Waals surface area contributed by atoms with Crippen molar-refractivity contribution in [1.82, 2.24) is 9.97 Å². The Bertz CT molecular complexity index is 1550. The molecule has 0 spiro atoms. The summed E-state index contributed by atoms with van der Waals surface area (Å²) in [6, 6.07) is 13.9. The van der Waals surface area contributed by atoms with Crippen LogP contribution in [0.4, 0.5) is 5.69 Å². The maximum atomic E-state index is 12.0. The number of hydrogen-bond donors (Lipinski definition) is 0. The van der Waals surface area contributed by atoms with Crippen molar-refractivity contribution in [3.63, 3.8) is 0 Å². The molecule has 200 valence electrons. The molecule has 5 rings (SSSR count). The zero-order valence-electron chi connectivity index (χ0n) is 21.6. The van der Waals surface area contributed by atoms with Crippen LogP contribution in [0, 0.1) is 25.2 Å². The van der Waals surface area contributed by atoms with Gasteiger partial charge in [-0.15, -0.1) is 11.3 Å². The van der Waals surface area contributed by atoms with Gasteiger partial charge in [-0.3, -0.25) is 0 Å². The van der Waals surface area contributed by atoms with E-state index in [9.17, 15) is 10.1 Å². The Hall–Kier alpha value is -3.72. The van der Waals surface area contributed by atoms with Crippen LogP contribution < -0.4 is 9.64 Å². The maximum absolute atomic E-state index is 12.0. The molecule has 9 nitrogen and oxygen atoms in total. The van der Waals surface area contributed by atoms with E-state index < -0.39 is 5.97 Å². The lowest BCUT2D eigenvalue weighted by molar-refractivity contribution is 0.0606. The minimum Gasteiger partial charge on any atom is -0.471 e. The number of carbonyl (C=O) groups is 1. The van der Waals surface area contributed by atoms with Gasteiger partial charge in [0, 0.05) is 41.3 Å². The van der Waals surface area contributed by atoms with E-state index in [4.69, 9.17) is 23.6 Å². The van der Waals surface area contributed by atoms with Crippen LogP contribution in [0.2, 0.25) is 0 Å². The highest BCUT2D eigenvalue weighted by molar-refractivity contribution is 9.10. The molecule has 11 heteroatoms. The monoisotopic (exact) mass is 608 g/mol. The molecule has 1 aromatic carbocycles. The van der Waals surface area contributed by atoms with E-state index in [1.807, 2.05) is 25.1 Å². The van der Waals surface area contributed by atoms with Crippen molar-refractivity contribution >= 4 is 38.9 Å². The molecule has 0 amide bonds. The predicted molar refractivity (Wildman–Crippen MR) is 150 cm³/mol. The molecule has 0 radical (unpaired) electrons. The van der Waals surface area contributed by atoms with Gasteiger partial charge in [0.05, 0.1) is 36.6 Å². The van der Waals surface area contributed by atoms with Crippen molar-refractivity contribution in [1.29, 1.82) is 5.26 Å². The Labute approximate surface area is 238 Å². The van der Waals surface area contributed by atoms with Crippen LogP contribution in [0.3, 0.4) is 0 Å². The van der Waals surface area contributed by atoms with Gasteiger partial charge < -0.3 is 23.5 Å². The number of methoxy groups -OCH3 is 1. The molecule has 0 bridgehead atoms. The van der Waals surface area contributed by atoms with E-state index in [-0.39, 0.29) is 18.1 Å². The molecular weight excluding hydrogens is 584 g/mol. The topological polar surface area (TPSA) is 111 Å². The van der Waals surface area contributed by atoms with Crippen LogP contribution in [-0.2, 0) is 16.1 Å². The highest BCUT2D eigenvalue weighted by atomic mass is 79.9. The van der Waals surface area contributed by atoms with E-state index in [0.29, 0.717) is 51.2 Å². The molecule has 4 heterocycles. The van der Waals surface area contributed by atoms with Gasteiger partial charge in [0.25, 0.3) is 0 Å². The minimum absolute atomic E-state index is 0.0944. The number of thiophene rings is 1. The molecular formula is C28H25BrN4O5S. The first-order valence-electron chi connectivity index (χ1n) is 12.2. The van der Waals surface area contributed by atoms with Gasteiger partial charge in [-0.2, -0.15) is 5.26 Å². The van der Waals surface area contributed by atoms with Crippen molar-refractivity contribution in [3.8, 4) is 34.5 Å². The minimum atomic E-state index is -0.427. The van der Waals surface area contributed by atoms with Crippen LogP contribution in [0.15, 0.2) is 45.3 Å². The highest BCUT2D eigenvalue weighted by Gasteiger charge is 2.23. The molecule has 1 fully saturated rings. The quantitative estimate of drug-likeness (QED) is 0.236. The predicted octanol–water partition coefficient (Wildman–Crippen LogP) is 5.92. The first kappa shape index (κ1) is 26.9. The molecule has 1 aliphatic heterocycles. The van der Waals surface area contributed by atoms with Gasteiger partial charge in [-0.05, 0) is 47.1 Å². The fourth-order valence-electron chi connectivity index (χ4n) is 4.35. The van der Waals surface area contributed by atoms with Crippen LogP contribution >= 0.6 is 27.3 Å². The Morgan fingerprint density at radius 3 is 2.56 bits per heavy atom. The SMILES string of the molecule is COC(=O)c1cc(Br)c(COc2nc(-c3ccc(N4CCOCC4)cc3)cc(-c3oc(C)nc3C)c2C#N)s1. The standard InChI is InChI=1S/C28H25BrN4O5S/c1-16-26(38-17(2)31-16)20-12-23(18-4-6-19(7-5-18)33-8-10-36-11-9-33)32-27(21(20)14-30)37-15-25-22(29)13-24(39-25)28(34)35-3/h4-7,12-13H,8-11,15H2,1-3H3. The van der Waals surface area contributed by atoms with Gasteiger partial charge in [-0.1, -0.05) is 12.1 Å². The van der Waals surface area contributed by atoms with Crippen molar-refractivity contribution < 1.29 is 23.4 Å². The Kier molecular flexibility index (Phi) is 7.97. The number of nitrogens with zero attached hydrogens (tertiary/aromatic N) is 4. The summed E-state index contributed by atoms with van der Waals surface area (Å²) in [5.74, 6) is 0.729. The second kappa shape index (κ2) is 11.6. The summed E-state index contributed by atoms with van der Waals surface area (Å²) >= 11 is 4.73. The molecule has 3 aromatic heterocycles. The molecule has 0 unspecified atom stereocenters. The smallest absolute Gasteiger partial charge is 0.348 e. The van der Waals surface area contributed by atoms with Gasteiger partial charge >= 0.3 is 5.97 Å². The largest absolute Gasteiger partial charge is 0.471 e. The van der Waals surface area contributed by atoms with Gasteiger partial charge in [0.15, 0.2) is 11.7 Å². The highest BCUT2D eigenvalue weighted by Crippen LogP contribution is 2.37. The third-order valence-electron chi connectivity index (χ3n) is 6.27. The lowest BCUT2D eigenvalue weighted by Crippen LogP contribution is -2.36. The third kappa shape index (κ3) is 5.68. The Balaban J connectivity index is 1.53. The zero-order chi connectivity index (χ0) is 27.5. The van der Waals surface area contributed by atoms with Crippen molar-refractivity contribution in [2.24, 2.45) is 0 Å². The van der Waals surface area contributed by atoms with Crippen LogP contribution in [0.1, 0.15) is 31.7 Å². The number of hydrogen-bond acceptors (Lipinski definition) is 10. The summed E-state index contributed by atoms with van der Waals surface area (Å²) in [5.41, 5.74) is 4.05. The van der Waals surface area contributed by atoms with Crippen LogP contribution in [-0.4, -0.2) is 49.4 Å². The average molecular weight is 610 g/mol. The molecule has 0 N–H and O–H groups in total. The summed E-state index contributed by atoms with van der Waals surface area (Å²) in [4.78, 5) is 24.6. The number of esters is 1. The fraction of sp³-hybridized carbons (Fsp3) is 0.286. The maximum Gasteiger partial charge on any atom is 0.348 e. The van der Waals surface area contributed by atoms with Crippen molar-refractivity contribution in [2.75, 3.05) is 38.3 Å². The number of anilines is 1. The lowest BCUT2D eigenvalue weighted by atomic mass is 10.0. The number of halogens is 1. The number of aromatic nitrogens is 2. The normalized spacial score (nSPS) is 13.3. The number of pyridine rings is 1. The molecule has 1 aliphatic rings. The molecule has 0 aliphatic carbocycles. The molecule has 39 heavy (non-hydrogen) atoms. The van der Waals surface area contributed by atoms with Gasteiger partial charge in [0.2, 0.25) is 5.88 Å². The van der Waals surface area contributed by atoms with Crippen molar-refractivity contribution in [3.05, 3.63) is 67.8 Å². The Morgan fingerprint density at radius 2 is 1.92 bits per heavy atom. The fourth-order valence-corrected chi connectivity index (χ4v) is 5.97. The summed E-state index contributed by atoms with van der Waals surface area (Å²) in [6.07, 6.45) is 0. The summed E-state index contributed by atoms with van der Waals surface area (Å²) in [7, 11) is 1.34. The first-order chi connectivity index (χ1) is 18.9.